The normalized spacial score (nSPS) is 10.8. The molecule has 0 radical (unpaired) electrons. The molecule has 3 aromatic carbocycles. The SMILES string of the molecule is O=C(N/N=C\c1cc(Br)ccc1O)c1ccc(OCc2ccc(Cl)cc2)cc1. The van der Waals surface area contributed by atoms with Crippen LogP contribution in [-0.2, 0) is 6.61 Å². The number of carbonyl (C=O) groups is 1. The molecule has 0 unspecified atom stereocenters. The van der Waals surface area contributed by atoms with Gasteiger partial charge >= 0.3 is 0 Å². The lowest BCUT2D eigenvalue weighted by Gasteiger charge is -2.07. The van der Waals surface area contributed by atoms with E-state index in [1.165, 1.54) is 12.3 Å². The summed E-state index contributed by atoms with van der Waals surface area (Å²) in [5, 5.41) is 14.3. The van der Waals surface area contributed by atoms with E-state index in [-0.39, 0.29) is 11.7 Å². The monoisotopic (exact) mass is 458 g/mol. The number of phenolic OH excluding ortho intramolecular Hbond substituents is 1. The van der Waals surface area contributed by atoms with Crippen molar-refractivity contribution < 1.29 is 14.6 Å². The van der Waals surface area contributed by atoms with Gasteiger partial charge in [-0.25, -0.2) is 5.43 Å². The fourth-order valence-electron chi connectivity index (χ4n) is 2.30. The molecule has 7 heteroatoms. The van der Waals surface area contributed by atoms with Gasteiger partial charge in [0, 0.05) is 20.6 Å². The van der Waals surface area contributed by atoms with Crippen LogP contribution in [0.25, 0.3) is 0 Å². The number of carbonyl (C=O) groups excluding carboxylic acids is 1. The Morgan fingerprint density at radius 2 is 1.82 bits per heavy atom. The first-order valence-corrected chi connectivity index (χ1v) is 9.47. The maximum Gasteiger partial charge on any atom is 0.271 e. The topological polar surface area (TPSA) is 70.9 Å². The van der Waals surface area contributed by atoms with E-state index in [0.29, 0.717) is 28.5 Å². The summed E-state index contributed by atoms with van der Waals surface area (Å²) < 4.78 is 6.49. The molecule has 0 atom stereocenters. The molecule has 0 bridgehead atoms. The molecule has 0 aliphatic heterocycles. The number of amides is 1. The number of phenols is 1. The highest BCUT2D eigenvalue weighted by molar-refractivity contribution is 9.10. The number of rotatable bonds is 6. The molecule has 3 aromatic rings. The lowest BCUT2D eigenvalue weighted by Crippen LogP contribution is -2.17. The fraction of sp³-hybridized carbons (Fsp3) is 0.0476. The van der Waals surface area contributed by atoms with E-state index in [0.717, 1.165) is 10.0 Å². The summed E-state index contributed by atoms with van der Waals surface area (Å²) in [6, 6.07) is 19.1. The molecule has 0 heterocycles. The number of nitrogens with zero attached hydrogens (tertiary/aromatic N) is 1. The number of benzene rings is 3. The van der Waals surface area contributed by atoms with Gasteiger partial charge in [-0.15, -0.1) is 0 Å². The van der Waals surface area contributed by atoms with Crippen LogP contribution in [0, 0.1) is 0 Å². The van der Waals surface area contributed by atoms with Crippen molar-refractivity contribution in [2.45, 2.75) is 6.61 Å². The summed E-state index contributed by atoms with van der Waals surface area (Å²) >= 11 is 9.17. The number of nitrogens with one attached hydrogen (secondary N) is 1. The molecule has 142 valence electrons. The highest BCUT2D eigenvalue weighted by Gasteiger charge is 2.05. The molecule has 3 rings (SSSR count). The molecule has 0 aliphatic rings. The molecular weight excluding hydrogens is 444 g/mol. The maximum atomic E-state index is 12.2. The Balaban J connectivity index is 1.55. The Kier molecular flexibility index (Phi) is 6.68. The predicted molar refractivity (Wildman–Crippen MR) is 113 cm³/mol. The van der Waals surface area contributed by atoms with E-state index in [9.17, 15) is 9.90 Å². The van der Waals surface area contributed by atoms with Crippen LogP contribution in [0.3, 0.4) is 0 Å². The molecule has 0 saturated carbocycles. The van der Waals surface area contributed by atoms with Crippen molar-refractivity contribution in [3.05, 3.63) is 92.9 Å². The third-order valence-electron chi connectivity index (χ3n) is 3.79. The first kappa shape index (κ1) is 19.9. The second kappa shape index (κ2) is 9.39. The first-order chi connectivity index (χ1) is 13.5. The van der Waals surface area contributed by atoms with Crippen molar-refractivity contribution in [2.24, 2.45) is 5.10 Å². The number of aromatic hydroxyl groups is 1. The highest BCUT2D eigenvalue weighted by Crippen LogP contribution is 2.20. The van der Waals surface area contributed by atoms with Gasteiger partial charge in [-0.1, -0.05) is 39.7 Å². The van der Waals surface area contributed by atoms with E-state index in [4.69, 9.17) is 16.3 Å². The van der Waals surface area contributed by atoms with Crippen LogP contribution in [0.15, 0.2) is 76.3 Å². The van der Waals surface area contributed by atoms with Crippen LogP contribution >= 0.6 is 27.5 Å². The summed E-state index contributed by atoms with van der Waals surface area (Å²) in [7, 11) is 0. The van der Waals surface area contributed by atoms with Crippen molar-refractivity contribution in [2.75, 3.05) is 0 Å². The second-order valence-electron chi connectivity index (χ2n) is 5.84. The lowest BCUT2D eigenvalue weighted by atomic mass is 10.2. The first-order valence-electron chi connectivity index (χ1n) is 8.30. The van der Waals surface area contributed by atoms with Gasteiger partial charge in [0.25, 0.3) is 5.91 Å². The molecule has 0 aliphatic carbocycles. The Labute approximate surface area is 175 Å². The van der Waals surface area contributed by atoms with Gasteiger partial charge in [0.05, 0.1) is 6.21 Å². The molecule has 1 amide bonds. The number of ether oxygens (including phenoxy) is 1. The molecule has 0 saturated heterocycles. The van der Waals surface area contributed by atoms with Gasteiger partial charge in [-0.2, -0.15) is 5.10 Å². The summed E-state index contributed by atoms with van der Waals surface area (Å²) in [4.78, 5) is 12.2. The Morgan fingerprint density at radius 3 is 2.54 bits per heavy atom. The van der Waals surface area contributed by atoms with E-state index in [1.807, 2.05) is 24.3 Å². The average Bonchev–Trinajstić information content (AvgIpc) is 2.70. The number of hydrogen-bond donors (Lipinski definition) is 2. The Morgan fingerprint density at radius 1 is 1.11 bits per heavy atom. The van der Waals surface area contributed by atoms with Gasteiger partial charge in [0.15, 0.2) is 0 Å². The van der Waals surface area contributed by atoms with E-state index in [1.54, 1.807) is 36.4 Å². The molecule has 0 aromatic heterocycles. The predicted octanol–water partition coefficient (Wildman–Crippen LogP) is 5.15. The van der Waals surface area contributed by atoms with E-state index >= 15 is 0 Å². The minimum absolute atomic E-state index is 0.0726. The Bertz CT molecular complexity index is 990. The molecular formula is C21H16BrClN2O3. The molecule has 28 heavy (non-hydrogen) atoms. The van der Waals surface area contributed by atoms with Crippen LogP contribution in [-0.4, -0.2) is 17.2 Å². The molecule has 0 fully saturated rings. The lowest BCUT2D eigenvalue weighted by molar-refractivity contribution is 0.0955. The molecule has 5 nitrogen and oxygen atoms in total. The van der Waals surface area contributed by atoms with Gasteiger partial charge in [0.1, 0.15) is 18.1 Å². The minimum Gasteiger partial charge on any atom is -0.507 e. The zero-order chi connectivity index (χ0) is 19.9. The van der Waals surface area contributed by atoms with Crippen molar-refractivity contribution >= 4 is 39.7 Å². The van der Waals surface area contributed by atoms with Crippen molar-refractivity contribution in [1.29, 1.82) is 0 Å². The average molecular weight is 460 g/mol. The highest BCUT2D eigenvalue weighted by atomic mass is 79.9. The summed E-state index contributed by atoms with van der Waals surface area (Å²) in [6.45, 7) is 0.406. The van der Waals surface area contributed by atoms with Gasteiger partial charge in [-0.3, -0.25) is 4.79 Å². The number of hydrogen-bond acceptors (Lipinski definition) is 4. The van der Waals surface area contributed by atoms with Gasteiger partial charge in [0.2, 0.25) is 0 Å². The number of halogens is 2. The standard InChI is InChI=1S/C21H16BrClN2O3/c22-17-5-10-20(26)16(11-17)12-24-25-21(27)15-3-8-19(9-4-15)28-13-14-1-6-18(23)7-2-14/h1-12,26H,13H2,(H,25,27)/b24-12-. The van der Waals surface area contributed by atoms with Crippen molar-refractivity contribution in [3.63, 3.8) is 0 Å². The zero-order valence-electron chi connectivity index (χ0n) is 14.6. The minimum atomic E-state index is -0.366. The second-order valence-corrected chi connectivity index (χ2v) is 7.19. The molecule has 2 N–H and O–H groups in total. The third-order valence-corrected chi connectivity index (χ3v) is 4.54. The fourth-order valence-corrected chi connectivity index (χ4v) is 2.81. The van der Waals surface area contributed by atoms with Crippen molar-refractivity contribution in [1.82, 2.24) is 5.43 Å². The van der Waals surface area contributed by atoms with Gasteiger partial charge in [-0.05, 0) is 60.2 Å². The van der Waals surface area contributed by atoms with Crippen molar-refractivity contribution in [3.8, 4) is 11.5 Å². The Hall–Kier alpha value is -2.83. The largest absolute Gasteiger partial charge is 0.507 e. The van der Waals surface area contributed by atoms with Crippen LogP contribution < -0.4 is 10.2 Å². The van der Waals surface area contributed by atoms with Crippen LogP contribution in [0.5, 0.6) is 11.5 Å². The summed E-state index contributed by atoms with van der Waals surface area (Å²) in [5.74, 6) is 0.354. The van der Waals surface area contributed by atoms with Crippen LogP contribution in [0.4, 0.5) is 0 Å². The van der Waals surface area contributed by atoms with E-state index < -0.39 is 0 Å². The maximum absolute atomic E-state index is 12.2. The number of hydrazone groups is 1. The van der Waals surface area contributed by atoms with E-state index in [2.05, 4.69) is 26.5 Å². The third kappa shape index (κ3) is 5.58. The van der Waals surface area contributed by atoms with Gasteiger partial charge < -0.3 is 9.84 Å². The van der Waals surface area contributed by atoms with Crippen LogP contribution in [0.2, 0.25) is 5.02 Å². The summed E-state index contributed by atoms with van der Waals surface area (Å²) in [6.07, 6.45) is 1.38. The molecule has 0 spiro atoms. The quantitative estimate of drug-likeness (QED) is 0.395. The zero-order valence-corrected chi connectivity index (χ0v) is 16.9. The summed E-state index contributed by atoms with van der Waals surface area (Å²) in [5.41, 5.74) is 4.35. The smallest absolute Gasteiger partial charge is 0.271 e. The van der Waals surface area contributed by atoms with Crippen LogP contribution in [0.1, 0.15) is 21.5 Å².